The first-order chi connectivity index (χ1) is 14.2. The summed E-state index contributed by atoms with van der Waals surface area (Å²) >= 11 is 4.63. The van der Waals surface area contributed by atoms with E-state index in [1.807, 2.05) is 31.2 Å². The molecule has 1 atom stereocenters. The van der Waals surface area contributed by atoms with Crippen LogP contribution in [0.25, 0.3) is 26.0 Å². The molecule has 0 amide bonds. The summed E-state index contributed by atoms with van der Waals surface area (Å²) in [5, 5.41) is 22.8. The quantitative estimate of drug-likeness (QED) is 0.189. The summed E-state index contributed by atoms with van der Waals surface area (Å²) in [6, 6.07) is 9.89. The number of thiazole rings is 1. The third-order valence-electron chi connectivity index (χ3n) is 5.02. The van der Waals surface area contributed by atoms with Crippen molar-refractivity contribution in [2.75, 3.05) is 0 Å². The maximum atomic E-state index is 10.9. The third kappa shape index (κ3) is 3.19. The Morgan fingerprint density at radius 3 is 2.93 bits per heavy atom. The van der Waals surface area contributed by atoms with Crippen LogP contribution in [-0.4, -0.2) is 25.3 Å². The van der Waals surface area contributed by atoms with E-state index >= 15 is 0 Å². The summed E-state index contributed by atoms with van der Waals surface area (Å²) in [5.41, 5.74) is 2.42. The molecule has 0 fully saturated rings. The molecule has 0 saturated heterocycles. The van der Waals surface area contributed by atoms with Crippen molar-refractivity contribution >= 4 is 60.4 Å². The topological polar surface area (TPSA) is 82.7 Å². The number of hydrogen-bond acceptors (Lipinski definition) is 8. The van der Waals surface area contributed by atoms with Crippen molar-refractivity contribution in [2.24, 2.45) is 0 Å². The van der Waals surface area contributed by atoms with Gasteiger partial charge in [-0.05, 0) is 43.9 Å². The van der Waals surface area contributed by atoms with Gasteiger partial charge >= 0.3 is 0 Å². The van der Waals surface area contributed by atoms with Crippen molar-refractivity contribution in [2.45, 2.75) is 36.5 Å². The second kappa shape index (κ2) is 7.41. The van der Waals surface area contributed by atoms with E-state index in [0.29, 0.717) is 5.01 Å². The van der Waals surface area contributed by atoms with E-state index in [9.17, 15) is 10.4 Å². The monoisotopic (exact) mass is 436 g/mol. The molecule has 5 nitrogen and oxygen atoms in total. The first-order valence-electron chi connectivity index (χ1n) is 9.26. The third-order valence-corrected chi connectivity index (χ3v) is 8.38. The number of hydrogen-bond donors (Lipinski definition) is 1. The average molecular weight is 437 g/mol. The molecular weight excluding hydrogens is 420 g/mol. The van der Waals surface area contributed by atoms with Crippen molar-refractivity contribution < 1.29 is 5.11 Å². The Kier molecular flexibility index (Phi) is 4.74. The molecule has 4 aromatic rings. The van der Waals surface area contributed by atoms with Crippen molar-refractivity contribution in [1.82, 2.24) is 15.0 Å². The summed E-state index contributed by atoms with van der Waals surface area (Å²) in [6.07, 6.45) is 4.93. The number of rotatable bonds is 4. The maximum absolute atomic E-state index is 10.9. The van der Waals surface area contributed by atoms with Gasteiger partial charge in [-0.25, -0.2) is 15.0 Å². The summed E-state index contributed by atoms with van der Waals surface area (Å²) in [4.78, 5) is 15.9. The van der Waals surface area contributed by atoms with Crippen LogP contribution in [0.2, 0.25) is 0 Å². The van der Waals surface area contributed by atoms with Crippen LogP contribution < -0.4 is 0 Å². The molecule has 1 aromatic carbocycles. The predicted octanol–water partition coefficient (Wildman–Crippen LogP) is 5.76. The number of nitrogens with zero attached hydrogens (tertiary/aromatic N) is 4. The van der Waals surface area contributed by atoms with Gasteiger partial charge in [-0.1, -0.05) is 23.9 Å². The molecule has 1 aliphatic rings. The molecule has 8 heteroatoms. The average Bonchev–Trinajstić information content (AvgIpc) is 3.42. The predicted molar refractivity (Wildman–Crippen MR) is 120 cm³/mol. The molecule has 0 radical (unpaired) electrons. The van der Waals surface area contributed by atoms with Gasteiger partial charge in [-0.15, -0.1) is 22.7 Å². The fourth-order valence-corrected chi connectivity index (χ4v) is 6.88. The highest BCUT2D eigenvalue weighted by Crippen LogP contribution is 2.42. The fourth-order valence-electron chi connectivity index (χ4n) is 3.61. The summed E-state index contributed by atoms with van der Waals surface area (Å²) in [6.45, 7) is 1.89. The lowest BCUT2D eigenvalue weighted by Crippen LogP contribution is -2.05. The van der Waals surface area contributed by atoms with E-state index in [-0.39, 0.29) is 16.6 Å². The molecule has 0 bridgehead atoms. The first kappa shape index (κ1) is 18.6. The van der Waals surface area contributed by atoms with E-state index in [4.69, 9.17) is 0 Å². The van der Waals surface area contributed by atoms with E-state index in [0.717, 1.165) is 38.3 Å². The molecule has 1 unspecified atom stereocenters. The molecular formula is C21H16N4OS3. The van der Waals surface area contributed by atoms with Gasteiger partial charge < -0.3 is 5.11 Å². The van der Waals surface area contributed by atoms with Crippen molar-refractivity contribution in [3.8, 4) is 6.07 Å². The second-order valence-corrected chi connectivity index (χ2v) is 10.3. The normalized spacial score (nSPS) is 15.3. The number of aromatic nitrogens is 3. The van der Waals surface area contributed by atoms with Gasteiger partial charge in [0.15, 0.2) is 0 Å². The molecule has 0 spiro atoms. The highest BCUT2D eigenvalue weighted by molar-refractivity contribution is 8.00. The Balaban J connectivity index is 1.52. The number of allylic oxidation sites excluding steroid dienone is 1. The number of benzene rings is 1. The van der Waals surface area contributed by atoms with Crippen LogP contribution in [0.4, 0.5) is 0 Å². The molecule has 3 heterocycles. The van der Waals surface area contributed by atoms with Crippen molar-refractivity contribution in [3.05, 3.63) is 51.8 Å². The van der Waals surface area contributed by atoms with Crippen molar-refractivity contribution in [1.29, 1.82) is 5.26 Å². The summed E-state index contributed by atoms with van der Waals surface area (Å²) in [7, 11) is 0. The smallest absolute Gasteiger partial charge is 0.138 e. The van der Waals surface area contributed by atoms with Crippen LogP contribution in [0.3, 0.4) is 0 Å². The number of thioether (sulfide) groups is 1. The van der Waals surface area contributed by atoms with Crippen LogP contribution in [-0.2, 0) is 12.8 Å². The number of para-hydroxylation sites is 1. The standard InChI is InChI=1S/C21H16N4OS3/c1-11(18(26)13(9-22)19-25-14-6-2-3-7-16(14)29-19)27-20-17-12-5-4-8-15(12)28-21(17)24-10-23-20/h2-3,6-7,10-11,26H,4-5,8H2,1H3/b18-13-. The minimum absolute atomic E-state index is 0.0372. The van der Waals surface area contributed by atoms with E-state index in [1.54, 1.807) is 17.7 Å². The van der Waals surface area contributed by atoms with Crippen molar-refractivity contribution in [3.63, 3.8) is 0 Å². The van der Waals surface area contributed by atoms with Crippen LogP contribution in [0.5, 0.6) is 0 Å². The minimum Gasteiger partial charge on any atom is -0.510 e. The second-order valence-electron chi connectivity index (χ2n) is 6.84. The van der Waals surface area contributed by atoms with Gasteiger partial charge in [0.2, 0.25) is 0 Å². The van der Waals surface area contributed by atoms with Crippen LogP contribution in [0, 0.1) is 11.3 Å². The van der Waals surface area contributed by atoms with Gasteiger partial charge in [0.1, 0.15) is 38.6 Å². The zero-order valence-electron chi connectivity index (χ0n) is 15.5. The molecule has 5 rings (SSSR count). The summed E-state index contributed by atoms with van der Waals surface area (Å²) < 4.78 is 0.995. The Hall–Kier alpha value is -2.47. The Labute approximate surface area is 179 Å². The zero-order chi connectivity index (χ0) is 20.0. The Bertz CT molecular complexity index is 1280. The Morgan fingerprint density at radius 1 is 1.24 bits per heavy atom. The lowest BCUT2D eigenvalue weighted by Gasteiger charge is -2.12. The highest BCUT2D eigenvalue weighted by Gasteiger charge is 2.24. The molecule has 1 N–H and O–H groups in total. The molecule has 144 valence electrons. The molecule has 3 aromatic heterocycles. The number of nitriles is 1. The largest absolute Gasteiger partial charge is 0.510 e. The maximum Gasteiger partial charge on any atom is 0.138 e. The van der Waals surface area contributed by atoms with E-state index in [1.165, 1.54) is 40.0 Å². The zero-order valence-corrected chi connectivity index (χ0v) is 18.0. The Morgan fingerprint density at radius 2 is 2.10 bits per heavy atom. The number of thiophene rings is 1. The molecule has 1 aliphatic carbocycles. The SMILES string of the molecule is CC(Sc1ncnc2sc3c(c12)CCC3)/C(O)=C(\C#N)c1nc2ccccc2s1. The molecule has 29 heavy (non-hydrogen) atoms. The highest BCUT2D eigenvalue weighted by atomic mass is 32.2. The lowest BCUT2D eigenvalue weighted by molar-refractivity contribution is 0.402. The minimum atomic E-state index is -0.327. The fraction of sp³-hybridized carbons (Fsp3) is 0.238. The van der Waals surface area contributed by atoms with Crippen LogP contribution >= 0.6 is 34.4 Å². The number of aryl methyl sites for hydroxylation is 2. The first-order valence-corrected chi connectivity index (χ1v) is 11.8. The molecule has 0 saturated carbocycles. The lowest BCUT2D eigenvalue weighted by atomic mass is 10.2. The summed E-state index contributed by atoms with van der Waals surface area (Å²) in [5.74, 6) is 0.0372. The van der Waals surface area contributed by atoms with Gasteiger partial charge in [0.05, 0.1) is 15.5 Å². The van der Waals surface area contributed by atoms with Gasteiger partial charge in [0.25, 0.3) is 0 Å². The number of fused-ring (bicyclic) bond motifs is 4. The van der Waals surface area contributed by atoms with Gasteiger partial charge in [-0.3, -0.25) is 0 Å². The van der Waals surface area contributed by atoms with Crippen LogP contribution in [0.1, 0.15) is 28.8 Å². The molecule has 0 aliphatic heterocycles. The van der Waals surface area contributed by atoms with E-state index < -0.39 is 0 Å². The van der Waals surface area contributed by atoms with Gasteiger partial charge in [-0.2, -0.15) is 5.26 Å². The van der Waals surface area contributed by atoms with Crippen LogP contribution in [0.15, 0.2) is 41.4 Å². The van der Waals surface area contributed by atoms with E-state index in [2.05, 4.69) is 21.0 Å². The number of aliphatic hydroxyl groups excluding tert-OH is 1. The van der Waals surface area contributed by atoms with Gasteiger partial charge in [0, 0.05) is 10.3 Å². The number of aliphatic hydroxyl groups is 1.